The lowest BCUT2D eigenvalue weighted by atomic mass is 9.94. The van der Waals surface area contributed by atoms with Gasteiger partial charge in [0.25, 0.3) is 0 Å². The van der Waals surface area contributed by atoms with Crippen LogP contribution in [-0.4, -0.2) is 27.1 Å². The van der Waals surface area contributed by atoms with Gasteiger partial charge in [0.1, 0.15) is 0 Å². The van der Waals surface area contributed by atoms with E-state index in [0.29, 0.717) is 12.2 Å². The number of rotatable bonds is 5. The quantitative estimate of drug-likeness (QED) is 0.693. The maximum atomic E-state index is 13.0. The van der Waals surface area contributed by atoms with Crippen LogP contribution in [0.5, 0.6) is 0 Å². The number of ether oxygens (including phenoxy) is 1. The molecule has 1 unspecified atom stereocenters. The van der Waals surface area contributed by atoms with Crippen LogP contribution in [0.2, 0.25) is 0 Å². The lowest BCUT2D eigenvalue weighted by Crippen LogP contribution is -2.29. The van der Waals surface area contributed by atoms with E-state index in [1.54, 1.807) is 12.4 Å². The highest BCUT2D eigenvalue weighted by Crippen LogP contribution is 2.40. The van der Waals surface area contributed by atoms with Gasteiger partial charge in [-0.3, -0.25) is 9.55 Å². The summed E-state index contributed by atoms with van der Waals surface area (Å²) >= 11 is 0. The zero-order valence-electron chi connectivity index (χ0n) is 15.5. The highest BCUT2D eigenvalue weighted by molar-refractivity contribution is 5.94. The van der Waals surface area contributed by atoms with Gasteiger partial charge in [-0.25, -0.2) is 9.78 Å². The molecule has 0 bridgehead atoms. The van der Waals surface area contributed by atoms with Crippen molar-refractivity contribution in [2.45, 2.75) is 32.7 Å². The first-order valence-electron chi connectivity index (χ1n) is 9.28. The monoisotopic (exact) mass is 362 g/mol. The van der Waals surface area contributed by atoms with Gasteiger partial charge < -0.3 is 10.1 Å². The van der Waals surface area contributed by atoms with Gasteiger partial charge in [-0.2, -0.15) is 0 Å². The van der Waals surface area contributed by atoms with Crippen molar-refractivity contribution in [1.29, 1.82) is 0 Å². The fourth-order valence-electron chi connectivity index (χ4n) is 3.64. The number of hydrogen-bond acceptors (Lipinski definition) is 5. The number of pyridine rings is 1. The number of imidazole rings is 1. The van der Waals surface area contributed by atoms with Gasteiger partial charge in [-0.15, -0.1) is 0 Å². The second-order valence-electron chi connectivity index (χ2n) is 6.46. The molecule has 1 aliphatic heterocycles. The molecule has 6 heteroatoms. The van der Waals surface area contributed by atoms with Crippen molar-refractivity contribution >= 4 is 23.0 Å². The van der Waals surface area contributed by atoms with Crippen LogP contribution in [0.1, 0.15) is 38.3 Å². The molecule has 0 saturated carbocycles. The minimum Gasteiger partial charge on any atom is -0.463 e. The summed E-state index contributed by atoms with van der Waals surface area (Å²) in [5, 5.41) is 3.39. The Morgan fingerprint density at radius 3 is 2.70 bits per heavy atom. The molecule has 27 heavy (non-hydrogen) atoms. The third kappa shape index (κ3) is 2.97. The van der Waals surface area contributed by atoms with E-state index in [1.165, 1.54) is 0 Å². The number of allylic oxidation sites excluding steroid dienone is 1. The number of anilines is 1. The second-order valence-corrected chi connectivity index (χ2v) is 6.46. The maximum Gasteiger partial charge on any atom is 0.338 e. The van der Waals surface area contributed by atoms with Crippen molar-refractivity contribution in [3.8, 4) is 0 Å². The van der Waals surface area contributed by atoms with E-state index in [-0.39, 0.29) is 12.0 Å². The Morgan fingerprint density at radius 2 is 1.96 bits per heavy atom. The van der Waals surface area contributed by atoms with Gasteiger partial charge in [0.05, 0.1) is 29.3 Å². The average molecular weight is 362 g/mol. The van der Waals surface area contributed by atoms with Crippen LogP contribution in [0.25, 0.3) is 11.0 Å². The highest BCUT2D eigenvalue weighted by atomic mass is 16.5. The minimum absolute atomic E-state index is 0.293. The molecule has 0 saturated heterocycles. The molecule has 3 aromatic rings. The summed E-state index contributed by atoms with van der Waals surface area (Å²) in [6.45, 7) is 4.26. The minimum atomic E-state index is -0.308. The van der Waals surface area contributed by atoms with Gasteiger partial charge in [0.15, 0.2) is 0 Å². The van der Waals surface area contributed by atoms with E-state index in [1.807, 2.05) is 43.3 Å². The molecule has 0 fully saturated rings. The number of nitrogens with one attached hydrogen (secondary N) is 1. The molecule has 1 aromatic carbocycles. The van der Waals surface area contributed by atoms with Crippen LogP contribution in [0.4, 0.5) is 5.95 Å². The molecule has 0 amide bonds. The van der Waals surface area contributed by atoms with Crippen LogP contribution in [0.15, 0.2) is 60.1 Å². The first-order chi connectivity index (χ1) is 13.2. The SMILES string of the molecule is CCCC1=C(C(=O)OCC)C(c2ccncc2)n2c(nc3ccccc32)N1. The molecule has 1 atom stereocenters. The predicted molar refractivity (Wildman–Crippen MR) is 104 cm³/mol. The van der Waals surface area contributed by atoms with Crippen molar-refractivity contribution in [1.82, 2.24) is 14.5 Å². The number of nitrogens with zero attached hydrogens (tertiary/aromatic N) is 3. The van der Waals surface area contributed by atoms with Crippen molar-refractivity contribution in [2.75, 3.05) is 11.9 Å². The molecule has 0 aliphatic carbocycles. The van der Waals surface area contributed by atoms with Crippen molar-refractivity contribution in [2.24, 2.45) is 0 Å². The zero-order valence-corrected chi connectivity index (χ0v) is 15.5. The molecule has 6 nitrogen and oxygen atoms in total. The first kappa shape index (κ1) is 17.3. The number of hydrogen-bond donors (Lipinski definition) is 1. The van der Waals surface area contributed by atoms with E-state index in [0.717, 1.165) is 41.1 Å². The summed E-state index contributed by atoms with van der Waals surface area (Å²) < 4.78 is 7.51. The van der Waals surface area contributed by atoms with E-state index in [9.17, 15) is 4.79 Å². The molecule has 0 radical (unpaired) electrons. The van der Waals surface area contributed by atoms with E-state index >= 15 is 0 Å². The third-order valence-electron chi connectivity index (χ3n) is 4.73. The zero-order chi connectivity index (χ0) is 18.8. The Kier molecular flexibility index (Phi) is 4.62. The summed E-state index contributed by atoms with van der Waals surface area (Å²) in [4.78, 5) is 21.9. The van der Waals surface area contributed by atoms with E-state index in [4.69, 9.17) is 9.72 Å². The standard InChI is InChI=1S/C21H22N4O2/c1-3-7-16-18(20(26)27-4-2)19(14-10-12-22-13-11-14)25-17-9-6-5-8-15(17)23-21(25)24-16/h5-6,8-13,19H,3-4,7H2,1-2H3,(H,23,24). The van der Waals surface area contributed by atoms with Crippen molar-refractivity contribution in [3.63, 3.8) is 0 Å². The van der Waals surface area contributed by atoms with E-state index < -0.39 is 0 Å². The van der Waals surface area contributed by atoms with E-state index in [2.05, 4.69) is 21.8 Å². The number of benzene rings is 1. The van der Waals surface area contributed by atoms with Gasteiger partial charge in [0, 0.05) is 18.1 Å². The summed E-state index contributed by atoms with van der Waals surface area (Å²) in [6, 6.07) is 11.5. The van der Waals surface area contributed by atoms with Crippen LogP contribution in [-0.2, 0) is 9.53 Å². The van der Waals surface area contributed by atoms with Crippen molar-refractivity contribution < 1.29 is 9.53 Å². The van der Waals surface area contributed by atoms with Gasteiger partial charge >= 0.3 is 5.97 Å². The molecule has 1 N–H and O–H groups in total. The smallest absolute Gasteiger partial charge is 0.338 e. The lowest BCUT2D eigenvalue weighted by molar-refractivity contribution is -0.139. The second kappa shape index (κ2) is 7.23. The Labute approximate surface area is 157 Å². The fraction of sp³-hybridized carbons (Fsp3) is 0.286. The van der Waals surface area contributed by atoms with Crippen molar-refractivity contribution in [3.05, 3.63) is 65.6 Å². The highest BCUT2D eigenvalue weighted by Gasteiger charge is 2.35. The first-order valence-corrected chi connectivity index (χ1v) is 9.28. The van der Waals surface area contributed by atoms with Gasteiger partial charge in [0.2, 0.25) is 5.95 Å². The van der Waals surface area contributed by atoms with Gasteiger partial charge in [-0.05, 0) is 43.2 Å². The summed E-state index contributed by atoms with van der Waals surface area (Å²) in [7, 11) is 0. The van der Waals surface area contributed by atoms with Crippen LogP contribution < -0.4 is 5.32 Å². The predicted octanol–water partition coefficient (Wildman–Crippen LogP) is 4.06. The Hall–Kier alpha value is -3.15. The Balaban J connectivity index is 1.99. The summed E-state index contributed by atoms with van der Waals surface area (Å²) in [5.41, 5.74) is 4.35. The fourth-order valence-corrected chi connectivity index (χ4v) is 3.64. The molecule has 2 aromatic heterocycles. The molecule has 1 aliphatic rings. The molecular formula is C21H22N4O2. The third-order valence-corrected chi connectivity index (χ3v) is 4.73. The molecule has 0 spiro atoms. The normalized spacial score (nSPS) is 16.1. The number of esters is 1. The molecule has 4 rings (SSSR count). The summed E-state index contributed by atoms with van der Waals surface area (Å²) in [6.07, 6.45) is 5.16. The van der Waals surface area contributed by atoms with Crippen LogP contribution >= 0.6 is 0 Å². The largest absolute Gasteiger partial charge is 0.463 e. The van der Waals surface area contributed by atoms with Gasteiger partial charge in [-0.1, -0.05) is 25.5 Å². The molecule has 3 heterocycles. The molecular weight excluding hydrogens is 340 g/mol. The number of carbonyl (C=O) groups is 1. The van der Waals surface area contributed by atoms with Crippen LogP contribution in [0, 0.1) is 0 Å². The Bertz CT molecular complexity index is 1010. The average Bonchev–Trinajstić information content (AvgIpc) is 3.06. The Morgan fingerprint density at radius 1 is 1.19 bits per heavy atom. The summed E-state index contributed by atoms with van der Waals surface area (Å²) in [5.74, 6) is 0.452. The van der Waals surface area contributed by atoms with Crippen LogP contribution in [0.3, 0.4) is 0 Å². The maximum absolute atomic E-state index is 13.0. The lowest BCUT2D eigenvalue weighted by Gasteiger charge is -2.31. The number of aromatic nitrogens is 3. The molecule has 138 valence electrons. The number of fused-ring (bicyclic) bond motifs is 3. The number of para-hydroxylation sites is 2. The number of carbonyl (C=O) groups excluding carboxylic acids is 1. The topological polar surface area (TPSA) is 69.0 Å².